The van der Waals surface area contributed by atoms with Crippen LogP contribution in [0.25, 0.3) is 0 Å². The Labute approximate surface area is 165 Å². The normalized spacial score (nSPS) is 20.1. The molecule has 3 rings (SSSR count). The Balaban J connectivity index is 1.96. The van der Waals surface area contributed by atoms with Gasteiger partial charge in [-0.15, -0.1) is 0 Å². The molecule has 1 aliphatic heterocycles. The van der Waals surface area contributed by atoms with E-state index in [2.05, 4.69) is 0 Å². The zero-order valence-corrected chi connectivity index (χ0v) is 15.1. The van der Waals surface area contributed by atoms with Crippen LogP contribution in [0.5, 0.6) is 0 Å². The van der Waals surface area contributed by atoms with Crippen LogP contribution >= 0.6 is 0 Å². The third kappa shape index (κ3) is 3.09. The molecule has 2 N–H and O–H groups in total. The van der Waals surface area contributed by atoms with Gasteiger partial charge in [-0.1, -0.05) is 48.5 Å². The number of Topliss-reactive ketones (excluding diaryl/α,β-unsaturated/α-hetero) is 1. The lowest BCUT2D eigenvalue weighted by atomic mass is 9.65. The summed E-state index contributed by atoms with van der Waals surface area (Å²) in [5.74, 6) is -3.75. The Morgan fingerprint density at radius 1 is 1.07 bits per heavy atom. The van der Waals surface area contributed by atoms with Gasteiger partial charge in [0.2, 0.25) is 17.4 Å². The van der Waals surface area contributed by atoms with Crippen LogP contribution in [-0.2, 0) is 33.9 Å². The van der Waals surface area contributed by atoms with Gasteiger partial charge in [-0.3, -0.25) is 4.79 Å². The Morgan fingerprint density at radius 3 is 2.25 bits per heavy atom. The first kappa shape index (κ1) is 20.1. The van der Waals surface area contributed by atoms with Gasteiger partial charge in [-0.25, -0.2) is 4.39 Å². The van der Waals surface area contributed by atoms with E-state index in [1.807, 2.05) is 0 Å². The summed E-state index contributed by atoms with van der Waals surface area (Å²) in [6, 6.07) is 12.4. The molecule has 0 amide bonds. The van der Waals surface area contributed by atoms with Crippen molar-refractivity contribution in [3.05, 3.63) is 83.2 Å². The molecule has 0 aliphatic carbocycles. The maximum atomic E-state index is 14.1. The van der Waals surface area contributed by atoms with Crippen LogP contribution in [0.2, 0.25) is 0 Å². The van der Waals surface area contributed by atoms with Crippen molar-refractivity contribution in [2.75, 3.05) is 0 Å². The third-order valence-electron chi connectivity index (χ3n) is 4.14. The second-order valence-electron chi connectivity index (χ2n) is 6.04. The Kier molecular flexibility index (Phi) is 4.83. The van der Waals surface area contributed by atoms with E-state index in [-0.39, 0.29) is 11.1 Å². The van der Waals surface area contributed by atoms with E-state index in [0.717, 1.165) is 6.07 Å². The quantitative estimate of drug-likeness (QED) is 0.583. The fourth-order valence-electron chi connectivity index (χ4n) is 2.59. The van der Waals surface area contributed by atoms with Crippen LogP contribution in [-0.4, -0.2) is 37.7 Å². The molecule has 1 heterocycles. The first-order valence-electron chi connectivity index (χ1n) is 7.85. The van der Waals surface area contributed by atoms with Crippen molar-refractivity contribution in [3.63, 3.8) is 0 Å². The maximum absolute atomic E-state index is 14.1. The molecule has 1 atom stereocenters. The molecule has 0 aromatic heterocycles. The lowest BCUT2D eigenvalue weighted by Crippen LogP contribution is -2.40. The van der Waals surface area contributed by atoms with E-state index in [1.165, 1.54) is 42.5 Å². The van der Waals surface area contributed by atoms with Gasteiger partial charge in [0.1, 0.15) is 5.82 Å². The predicted molar refractivity (Wildman–Crippen MR) is 101 cm³/mol. The summed E-state index contributed by atoms with van der Waals surface area (Å²) < 4.78 is 46.7. The van der Waals surface area contributed by atoms with Crippen LogP contribution in [0.3, 0.4) is 0 Å². The molecule has 0 spiro atoms. The van der Waals surface area contributed by atoms with Crippen LogP contribution < -0.4 is 5.73 Å². The molecule has 6 radical (unpaired) electrons. The smallest absolute Gasteiger partial charge is 0.302 e. The van der Waals surface area contributed by atoms with Gasteiger partial charge in [-0.05, 0) is 11.6 Å². The lowest BCUT2D eigenvalue weighted by Gasteiger charge is -2.26. The number of benzene rings is 2. The van der Waals surface area contributed by atoms with E-state index in [1.54, 1.807) is 6.07 Å². The molecular weight excluding hydrogens is 382 g/mol. The number of ether oxygens (including phenoxy) is 1. The molecule has 0 saturated carbocycles. The second-order valence-corrected chi connectivity index (χ2v) is 7.79. The molecule has 28 heavy (non-hydrogen) atoms. The highest BCUT2D eigenvalue weighted by Crippen LogP contribution is 2.38. The molecule has 0 fully saturated rings. The Bertz CT molecular complexity index is 1080. The van der Waals surface area contributed by atoms with Crippen molar-refractivity contribution in [2.24, 2.45) is 5.73 Å². The maximum Gasteiger partial charge on any atom is 0.302 e. The monoisotopic (exact) mass is 393 g/mol. The first-order valence-corrected chi connectivity index (χ1v) is 9.26. The van der Waals surface area contributed by atoms with Gasteiger partial charge in [0, 0.05) is 5.56 Å². The van der Waals surface area contributed by atoms with Crippen molar-refractivity contribution in [1.29, 1.82) is 0 Å². The summed E-state index contributed by atoms with van der Waals surface area (Å²) >= 11 is 0. The minimum atomic E-state index is -4.84. The number of rotatable bonds is 5. The summed E-state index contributed by atoms with van der Waals surface area (Å²) in [6.07, 6.45) is 0. The zero-order chi connectivity index (χ0) is 20.7. The molecule has 2 aromatic carbocycles. The average Bonchev–Trinajstić information content (AvgIpc) is 2.86. The molecule has 1 aliphatic rings. The fourth-order valence-corrected chi connectivity index (χ4v) is 3.53. The molecule has 11 heteroatoms. The van der Waals surface area contributed by atoms with Gasteiger partial charge in [-0.2, -0.15) is 8.42 Å². The van der Waals surface area contributed by atoms with E-state index < -0.39 is 43.4 Å². The number of hydrogen-bond donors (Lipinski definition) is 1. The van der Waals surface area contributed by atoms with Crippen molar-refractivity contribution in [1.82, 2.24) is 0 Å². The molecule has 0 unspecified atom stereocenters. The molecule has 6 nitrogen and oxygen atoms in total. The topological polar surface area (TPSA) is 95.7 Å². The average molecular weight is 393 g/mol. The van der Waals surface area contributed by atoms with Crippen molar-refractivity contribution < 1.29 is 26.5 Å². The van der Waals surface area contributed by atoms with E-state index in [9.17, 15) is 17.6 Å². The number of halogens is 1. The molecular formula is C17H11B3FNO5S. The summed E-state index contributed by atoms with van der Waals surface area (Å²) in [5.41, 5.74) is 2.82. The second kappa shape index (κ2) is 6.74. The third-order valence-corrected chi connectivity index (χ3v) is 5.59. The number of nitrogens with two attached hydrogens (primary N) is 1. The number of ketones is 1. The molecule has 0 bridgehead atoms. The first-order chi connectivity index (χ1) is 13.0. The van der Waals surface area contributed by atoms with Crippen molar-refractivity contribution in [2.45, 2.75) is 10.0 Å². The van der Waals surface area contributed by atoms with Gasteiger partial charge < -0.3 is 14.7 Å². The molecule has 136 valence electrons. The predicted octanol–water partition coefficient (Wildman–Crippen LogP) is 0.368. The molecule has 0 saturated heterocycles. The highest BCUT2D eigenvalue weighted by Gasteiger charge is 2.51. The largest absolute Gasteiger partial charge is 0.467 e. The summed E-state index contributed by atoms with van der Waals surface area (Å²) in [6.45, 7) is 0. The fraction of sp³-hybridized carbons (Fsp3) is 0.118. The van der Waals surface area contributed by atoms with Crippen molar-refractivity contribution >= 4 is 39.4 Å². The van der Waals surface area contributed by atoms with Crippen LogP contribution in [0.1, 0.15) is 11.1 Å². The lowest BCUT2D eigenvalue weighted by molar-refractivity contribution is -0.126. The molecule has 2 aromatic rings. The summed E-state index contributed by atoms with van der Waals surface area (Å²) in [5, 5.41) is 0. The highest BCUT2D eigenvalue weighted by atomic mass is 32.2. The van der Waals surface area contributed by atoms with Gasteiger partial charge in [0.15, 0.2) is 13.3 Å². The van der Waals surface area contributed by atoms with Crippen LogP contribution in [0.15, 0.2) is 66.2 Å². The minimum Gasteiger partial charge on any atom is -0.467 e. The highest BCUT2D eigenvalue weighted by molar-refractivity contribution is 7.90. The Hall–Kier alpha value is -2.68. The number of carbonyl (C=O) groups excluding carboxylic acids is 1. The number of hydrogen-bond acceptors (Lipinski definition) is 6. The zero-order valence-electron chi connectivity index (χ0n) is 14.3. The van der Waals surface area contributed by atoms with Crippen LogP contribution in [0, 0.1) is 5.82 Å². The number of carbonyl (C=O) groups is 1. The van der Waals surface area contributed by atoms with Gasteiger partial charge in [0.25, 0.3) is 0 Å². The van der Waals surface area contributed by atoms with Gasteiger partial charge >= 0.3 is 10.1 Å². The van der Waals surface area contributed by atoms with Crippen LogP contribution in [0.4, 0.5) is 4.39 Å². The van der Waals surface area contributed by atoms with E-state index in [0.29, 0.717) is 0 Å². The van der Waals surface area contributed by atoms with Gasteiger partial charge in [0.05, 0.1) is 20.2 Å². The summed E-state index contributed by atoms with van der Waals surface area (Å²) in [4.78, 5) is 12.7. The van der Waals surface area contributed by atoms with Crippen molar-refractivity contribution in [3.8, 4) is 0 Å². The van der Waals surface area contributed by atoms with E-state index >= 15 is 0 Å². The SMILES string of the molecule is [B]C([B])(c1ccccc1)S(=O)(=O)OC1=C(N)O[C@@]([B])(c2ccccc2F)C1=O. The Morgan fingerprint density at radius 2 is 1.64 bits per heavy atom. The van der Waals surface area contributed by atoms with E-state index in [4.69, 9.17) is 38.2 Å². The summed E-state index contributed by atoms with van der Waals surface area (Å²) in [7, 11) is 12.5. The standard InChI is InChI=1S/C17H11B3FNO5S/c18-16(11-8-4-5-9-12(11)21)14(23)13(15(22)26-16)27-28(24,25)17(19,20)10-6-2-1-3-7-10/h1-9H,22H2/t16-/m0/s1. The minimum absolute atomic E-state index is 0.00588.